The summed E-state index contributed by atoms with van der Waals surface area (Å²) in [5, 5.41) is 10.8. The van der Waals surface area contributed by atoms with E-state index in [-0.39, 0.29) is 33.6 Å². The zero-order valence-corrected chi connectivity index (χ0v) is 11.0. The van der Waals surface area contributed by atoms with Crippen molar-refractivity contribution in [1.29, 1.82) is 0 Å². The highest BCUT2D eigenvalue weighted by Crippen LogP contribution is 2.36. The minimum atomic E-state index is -0.528. The third kappa shape index (κ3) is 2.88. The van der Waals surface area contributed by atoms with E-state index in [0.717, 1.165) is 0 Å². The van der Waals surface area contributed by atoms with Gasteiger partial charge in [-0.05, 0) is 22.0 Å². The van der Waals surface area contributed by atoms with Crippen LogP contribution in [0.5, 0.6) is 11.6 Å². The summed E-state index contributed by atoms with van der Waals surface area (Å²) in [5.41, 5.74) is 10.8. The summed E-state index contributed by atoms with van der Waals surface area (Å²) in [6, 6.07) is 5.75. The molecular formula is C10H8BrN5O3. The fraction of sp³-hybridized carbons (Fsp3) is 0. The minimum absolute atomic E-state index is 0.0449. The van der Waals surface area contributed by atoms with Crippen LogP contribution in [0.3, 0.4) is 0 Å². The van der Waals surface area contributed by atoms with E-state index < -0.39 is 4.92 Å². The lowest BCUT2D eigenvalue weighted by molar-refractivity contribution is -0.385. The quantitative estimate of drug-likeness (QED) is 0.652. The Hall–Kier alpha value is -2.42. The van der Waals surface area contributed by atoms with Crippen LogP contribution in [0.25, 0.3) is 0 Å². The van der Waals surface area contributed by atoms with Gasteiger partial charge in [-0.1, -0.05) is 6.07 Å². The first-order chi connectivity index (χ1) is 8.97. The van der Waals surface area contributed by atoms with Crippen molar-refractivity contribution in [2.75, 3.05) is 11.5 Å². The van der Waals surface area contributed by atoms with Crippen molar-refractivity contribution in [3.05, 3.63) is 38.9 Å². The summed E-state index contributed by atoms with van der Waals surface area (Å²) < 4.78 is 5.60. The molecule has 0 bridgehead atoms. The average Bonchev–Trinajstić information content (AvgIpc) is 2.30. The Kier molecular flexibility index (Phi) is 3.47. The van der Waals surface area contributed by atoms with Gasteiger partial charge in [0.15, 0.2) is 5.75 Å². The molecule has 4 N–H and O–H groups in total. The summed E-state index contributed by atoms with van der Waals surface area (Å²) in [6.45, 7) is 0. The van der Waals surface area contributed by atoms with Crippen LogP contribution in [0, 0.1) is 10.1 Å². The lowest BCUT2D eigenvalue weighted by atomic mass is 10.3. The maximum Gasteiger partial charge on any atom is 0.287 e. The van der Waals surface area contributed by atoms with Crippen molar-refractivity contribution in [2.24, 2.45) is 0 Å². The van der Waals surface area contributed by atoms with E-state index in [9.17, 15) is 10.1 Å². The normalized spacial score (nSPS) is 10.2. The van der Waals surface area contributed by atoms with Gasteiger partial charge in [-0.25, -0.2) is 0 Å². The van der Waals surface area contributed by atoms with E-state index >= 15 is 0 Å². The molecule has 0 saturated heterocycles. The monoisotopic (exact) mass is 325 g/mol. The zero-order chi connectivity index (χ0) is 14.0. The molecule has 0 radical (unpaired) electrons. The second kappa shape index (κ2) is 5.06. The van der Waals surface area contributed by atoms with Crippen LogP contribution in [0.15, 0.2) is 28.7 Å². The summed E-state index contributed by atoms with van der Waals surface area (Å²) in [5.74, 6) is 0.429. The lowest BCUT2D eigenvalue weighted by Gasteiger charge is -2.07. The van der Waals surface area contributed by atoms with E-state index in [1.807, 2.05) is 0 Å². The van der Waals surface area contributed by atoms with Crippen LogP contribution in [-0.2, 0) is 0 Å². The van der Waals surface area contributed by atoms with Crippen molar-refractivity contribution < 1.29 is 9.66 Å². The number of aromatic nitrogens is 2. The molecule has 1 heterocycles. The second-order valence-electron chi connectivity index (χ2n) is 3.44. The largest absolute Gasteiger partial charge is 0.437 e. The molecule has 0 aliphatic heterocycles. The van der Waals surface area contributed by atoms with Crippen LogP contribution in [0.4, 0.5) is 17.5 Å². The summed E-state index contributed by atoms with van der Waals surface area (Å²) in [4.78, 5) is 17.8. The van der Waals surface area contributed by atoms with Gasteiger partial charge in [0.25, 0.3) is 5.69 Å². The predicted molar refractivity (Wildman–Crippen MR) is 71.7 cm³/mol. The number of benzene rings is 1. The number of hydrogen-bond acceptors (Lipinski definition) is 7. The van der Waals surface area contributed by atoms with Gasteiger partial charge >= 0.3 is 0 Å². The molecule has 0 fully saturated rings. The Balaban J connectivity index is 2.38. The number of halogens is 1. The van der Waals surface area contributed by atoms with E-state index in [0.29, 0.717) is 0 Å². The highest BCUT2D eigenvalue weighted by molar-refractivity contribution is 9.10. The lowest BCUT2D eigenvalue weighted by Crippen LogP contribution is -2.01. The van der Waals surface area contributed by atoms with Gasteiger partial charge in [-0.3, -0.25) is 10.1 Å². The number of nitrogens with two attached hydrogens (primary N) is 2. The highest BCUT2D eigenvalue weighted by Gasteiger charge is 2.17. The van der Waals surface area contributed by atoms with Crippen LogP contribution in [-0.4, -0.2) is 14.9 Å². The zero-order valence-electron chi connectivity index (χ0n) is 9.41. The average molecular weight is 326 g/mol. The molecule has 0 saturated carbocycles. The molecule has 2 aromatic rings. The first-order valence-electron chi connectivity index (χ1n) is 4.98. The number of ether oxygens (including phenoxy) is 1. The fourth-order valence-corrected chi connectivity index (χ4v) is 1.84. The molecule has 1 aromatic carbocycles. The summed E-state index contributed by atoms with van der Waals surface area (Å²) in [7, 11) is 0. The number of anilines is 2. The second-order valence-corrected chi connectivity index (χ2v) is 4.23. The molecule has 0 amide bonds. The number of nitrogens with zero attached hydrogens (tertiary/aromatic N) is 3. The summed E-state index contributed by atoms with van der Waals surface area (Å²) >= 11 is 3.10. The number of nitro benzene ring substituents is 1. The number of rotatable bonds is 3. The Morgan fingerprint density at radius 3 is 2.68 bits per heavy atom. The minimum Gasteiger partial charge on any atom is -0.437 e. The van der Waals surface area contributed by atoms with Crippen LogP contribution in [0.2, 0.25) is 0 Å². The molecule has 9 heteroatoms. The van der Waals surface area contributed by atoms with Gasteiger partial charge in [0.05, 0.1) is 4.92 Å². The van der Waals surface area contributed by atoms with Gasteiger partial charge in [0.2, 0.25) is 11.8 Å². The highest BCUT2D eigenvalue weighted by atomic mass is 79.9. The van der Waals surface area contributed by atoms with E-state index in [1.165, 1.54) is 18.2 Å². The van der Waals surface area contributed by atoms with E-state index in [2.05, 4.69) is 25.9 Å². The predicted octanol–water partition coefficient (Wildman–Crippen LogP) is 2.10. The van der Waals surface area contributed by atoms with Gasteiger partial charge in [-0.15, -0.1) is 0 Å². The first kappa shape index (κ1) is 13.0. The van der Waals surface area contributed by atoms with Crippen LogP contribution < -0.4 is 16.2 Å². The van der Waals surface area contributed by atoms with Crippen molar-refractivity contribution in [2.45, 2.75) is 0 Å². The molecule has 19 heavy (non-hydrogen) atoms. The van der Waals surface area contributed by atoms with E-state index in [1.54, 1.807) is 6.07 Å². The van der Waals surface area contributed by atoms with Gasteiger partial charge in [-0.2, -0.15) is 9.97 Å². The third-order valence-corrected chi connectivity index (χ3v) is 2.89. The van der Waals surface area contributed by atoms with Crippen LogP contribution >= 0.6 is 15.9 Å². The van der Waals surface area contributed by atoms with Gasteiger partial charge in [0, 0.05) is 12.1 Å². The van der Waals surface area contributed by atoms with Crippen LogP contribution in [0.1, 0.15) is 0 Å². The molecule has 0 aliphatic carbocycles. The van der Waals surface area contributed by atoms with E-state index in [4.69, 9.17) is 16.2 Å². The van der Waals surface area contributed by atoms with Gasteiger partial charge in [0.1, 0.15) is 10.3 Å². The first-order valence-corrected chi connectivity index (χ1v) is 5.77. The molecule has 8 nitrogen and oxygen atoms in total. The number of hydrogen-bond donors (Lipinski definition) is 2. The molecule has 0 spiro atoms. The van der Waals surface area contributed by atoms with Crippen molar-refractivity contribution in [1.82, 2.24) is 9.97 Å². The molecule has 0 unspecified atom stereocenters. The molecular weight excluding hydrogens is 318 g/mol. The van der Waals surface area contributed by atoms with Crippen molar-refractivity contribution in [3.8, 4) is 11.6 Å². The fourth-order valence-electron chi connectivity index (χ4n) is 1.35. The molecule has 0 aliphatic rings. The Labute approximate surface area is 115 Å². The van der Waals surface area contributed by atoms with Crippen molar-refractivity contribution >= 4 is 33.4 Å². The van der Waals surface area contributed by atoms with Gasteiger partial charge < -0.3 is 16.2 Å². The molecule has 1 aromatic heterocycles. The maximum atomic E-state index is 10.8. The number of nitrogen functional groups attached to an aromatic ring is 2. The Morgan fingerprint density at radius 2 is 2.05 bits per heavy atom. The SMILES string of the molecule is Nc1cc(Oc2cccc([N+](=O)[O-])c2Br)nc(N)n1. The Morgan fingerprint density at radius 1 is 1.32 bits per heavy atom. The standard InChI is InChI=1S/C10H8BrN5O3/c11-9-5(16(17)18)2-1-3-6(9)19-8-4-7(12)14-10(13)15-8/h1-4H,(H4,12,13,14,15). The van der Waals surface area contributed by atoms with Crippen molar-refractivity contribution in [3.63, 3.8) is 0 Å². The topological polar surface area (TPSA) is 130 Å². The number of nitro groups is 1. The molecule has 2 rings (SSSR count). The smallest absolute Gasteiger partial charge is 0.287 e. The summed E-state index contributed by atoms with van der Waals surface area (Å²) in [6.07, 6.45) is 0. The molecule has 0 atom stereocenters. The third-order valence-electron chi connectivity index (χ3n) is 2.09. The maximum absolute atomic E-state index is 10.8. The Bertz CT molecular complexity index is 629. The molecule has 98 valence electrons.